The predicted octanol–water partition coefficient (Wildman–Crippen LogP) is 2.79. The van der Waals surface area contributed by atoms with Gasteiger partial charge in [-0.1, -0.05) is 19.1 Å². The van der Waals surface area contributed by atoms with Crippen molar-refractivity contribution in [1.29, 1.82) is 5.26 Å². The van der Waals surface area contributed by atoms with E-state index in [2.05, 4.69) is 13.0 Å². The Morgan fingerprint density at radius 2 is 2.00 bits per heavy atom. The maximum Gasteiger partial charge on any atom is 0.118 e. The first kappa shape index (κ1) is 10.6. The quantitative estimate of drug-likeness (QED) is 0.729. The topological polar surface area (TPSA) is 33.0 Å². The second-order valence-corrected chi connectivity index (χ2v) is 3.52. The number of methoxy groups -OCH3 is 1. The molecule has 14 heavy (non-hydrogen) atoms. The molecular weight excluding hydrogens is 174 g/mol. The van der Waals surface area contributed by atoms with Gasteiger partial charge in [-0.05, 0) is 30.0 Å². The molecule has 0 aliphatic heterocycles. The van der Waals surface area contributed by atoms with E-state index in [1.165, 1.54) is 5.56 Å². The van der Waals surface area contributed by atoms with Crippen molar-refractivity contribution in [2.75, 3.05) is 7.11 Å². The summed E-state index contributed by atoms with van der Waals surface area (Å²) < 4.78 is 5.07. The van der Waals surface area contributed by atoms with Crippen molar-refractivity contribution in [3.63, 3.8) is 0 Å². The highest BCUT2D eigenvalue weighted by Crippen LogP contribution is 2.15. The molecule has 1 aromatic carbocycles. The van der Waals surface area contributed by atoms with Crippen molar-refractivity contribution >= 4 is 0 Å². The molecule has 0 N–H and O–H groups in total. The Balaban J connectivity index is 2.56. The van der Waals surface area contributed by atoms with Crippen molar-refractivity contribution in [2.24, 2.45) is 5.92 Å². The molecule has 2 heteroatoms. The molecule has 1 atom stereocenters. The lowest BCUT2D eigenvalue weighted by molar-refractivity contribution is 0.414. The largest absolute Gasteiger partial charge is 0.497 e. The van der Waals surface area contributed by atoms with E-state index < -0.39 is 0 Å². The maximum absolute atomic E-state index is 8.53. The van der Waals surface area contributed by atoms with Gasteiger partial charge in [0.2, 0.25) is 0 Å². The number of benzene rings is 1. The van der Waals surface area contributed by atoms with Gasteiger partial charge in [0.05, 0.1) is 13.2 Å². The number of nitriles is 1. The monoisotopic (exact) mass is 189 g/mol. The Labute approximate surface area is 85.1 Å². The van der Waals surface area contributed by atoms with Crippen LogP contribution in [0, 0.1) is 17.2 Å². The van der Waals surface area contributed by atoms with Crippen molar-refractivity contribution in [3.8, 4) is 11.8 Å². The van der Waals surface area contributed by atoms with E-state index in [0.29, 0.717) is 12.3 Å². The summed E-state index contributed by atoms with van der Waals surface area (Å²) in [5.74, 6) is 1.30. The van der Waals surface area contributed by atoms with Crippen LogP contribution in [-0.4, -0.2) is 7.11 Å². The van der Waals surface area contributed by atoms with E-state index in [4.69, 9.17) is 10.00 Å². The lowest BCUT2D eigenvalue weighted by atomic mass is 9.99. The van der Waals surface area contributed by atoms with Gasteiger partial charge in [-0.15, -0.1) is 0 Å². The molecule has 0 radical (unpaired) electrons. The van der Waals surface area contributed by atoms with Crippen LogP contribution < -0.4 is 4.74 Å². The highest BCUT2D eigenvalue weighted by Gasteiger charge is 2.02. The highest BCUT2D eigenvalue weighted by atomic mass is 16.5. The van der Waals surface area contributed by atoms with Crippen LogP contribution in [0.2, 0.25) is 0 Å². The summed E-state index contributed by atoms with van der Waals surface area (Å²) >= 11 is 0. The van der Waals surface area contributed by atoms with Crippen LogP contribution in [0.4, 0.5) is 0 Å². The van der Waals surface area contributed by atoms with Crippen LogP contribution in [0.25, 0.3) is 0 Å². The SMILES string of the molecule is COc1ccc(C[C@H](C)CC#N)cc1. The summed E-state index contributed by atoms with van der Waals surface area (Å²) in [6.07, 6.45) is 1.57. The van der Waals surface area contributed by atoms with Gasteiger partial charge >= 0.3 is 0 Å². The van der Waals surface area contributed by atoms with Gasteiger partial charge in [-0.2, -0.15) is 5.26 Å². The van der Waals surface area contributed by atoms with E-state index in [-0.39, 0.29) is 0 Å². The van der Waals surface area contributed by atoms with Gasteiger partial charge in [0.1, 0.15) is 5.75 Å². The minimum Gasteiger partial charge on any atom is -0.497 e. The van der Waals surface area contributed by atoms with E-state index in [1.807, 2.05) is 24.3 Å². The Hall–Kier alpha value is -1.49. The van der Waals surface area contributed by atoms with Crippen molar-refractivity contribution in [3.05, 3.63) is 29.8 Å². The lowest BCUT2D eigenvalue weighted by Crippen LogP contribution is -1.98. The third-order valence-corrected chi connectivity index (χ3v) is 2.18. The Bertz CT molecular complexity index is 310. The third-order valence-electron chi connectivity index (χ3n) is 2.18. The zero-order valence-electron chi connectivity index (χ0n) is 8.66. The molecule has 0 saturated carbocycles. The zero-order chi connectivity index (χ0) is 10.4. The summed E-state index contributed by atoms with van der Waals surface area (Å²) in [4.78, 5) is 0. The normalized spacial score (nSPS) is 11.8. The van der Waals surface area contributed by atoms with Crippen LogP contribution in [0.15, 0.2) is 24.3 Å². The number of hydrogen-bond acceptors (Lipinski definition) is 2. The minimum atomic E-state index is 0.424. The first-order chi connectivity index (χ1) is 6.76. The molecule has 0 aliphatic rings. The standard InChI is InChI=1S/C12H15NO/c1-10(7-8-13)9-11-3-5-12(14-2)6-4-11/h3-6,10H,7,9H2,1-2H3/t10-/m1/s1. The summed E-state index contributed by atoms with van der Waals surface area (Å²) in [6, 6.07) is 10.2. The smallest absolute Gasteiger partial charge is 0.118 e. The highest BCUT2D eigenvalue weighted by molar-refractivity contribution is 5.27. The minimum absolute atomic E-state index is 0.424. The van der Waals surface area contributed by atoms with E-state index in [1.54, 1.807) is 7.11 Å². The maximum atomic E-state index is 8.53. The summed E-state index contributed by atoms with van der Waals surface area (Å²) in [7, 11) is 1.66. The Morgan fingerprint density at radius 1 is 1.36 bits per heavy atom. The molecule has 0 fully saturated rings. The van der Waals surface area contributed by atoms with Gasteiger partial charge < -0.3 is 4.74 Å². The zero-order valence-corrected chi connectivity index (χ0v) is 8.66. The van der Waals surface area contributed by atoms with E-state index in [9.17, 15) is 0 Å². The molecule has 0 bridgehead atoms. The molecule has 0 aliphatic carbocycles. The van der Waals surface area contributed by atoms with Crippen LogP contribution in [0.3, 0.4) is 0 Å². The molecule has 74 valence electrons. The van der Waals surface area contributed by atoms with E-state index >= 15 is 0 Å². The fourth-order valence-corrected chi connectivity index (χ4v) is 1.39. The number of nitrogens with zero attached hydrogens (tertiary/aromatic N) is 1. The van der Waals surface area contributed by atoms with Crippen LogP contribution in [0.1, 0.15) is 18.9 Å². The Morgan fingerprint density at radius 3 is 2.50 bits per heavy atom. The van der Waals surface area contributed by atoms with Gasteiger partial charge in [0.15, 0.2) is 0 Å². The van der Waals surface area contributed by atoms with Gasteiger partial charge in [-0.25, -0.2) is 0 Å². The average Bonchev–Trinajstić information content (AvgIpc) is 2.19. The predicted molar refractivity (Wildman–Crippen MR) is 56.1 cm³/mol. The molecule has 0 heterocycles. The lowest BCUT2D eigenvalue weighted by Gasteiger charge is -2.07. The van der Waals surface area contributed by atoms with Crippen LogP contribution in [-0.2, 0) is 6.42 Å². The second-order valence-electron chi connectivity index (χ2n) is 3.52. The summed E-state index contributed by atoms with van der Waals surface area (Å²) in [5, 5.41) is 8.53. The molecule has 0 unspecified atom stereocenters. The molecule has 1 rings (SSSR count). The van der Waals surface area contributed by atoms with E-state index in [0.717, 1.165) is 12.2 Å². The van der Waals surface area contributed by atoms with Gasteiger partial charge in [0, 0.05) is 6.42 Å². The van der Waals surface area contributed by atoms with Gasteiger partial charge in [-0.3, -0.25) is 0 Å². The third kappa shape index (κ3) is 3.10. The first-order valence-electron chi connectivity index (χ1n) is 4.76. The first-order valence-corrected chi connectivity index (χ1v) is 4.76. The molecule has 0 aromatic heterocycles. The molecule has 0 spiro atoms. The summed E-state index contributed by atoms with van der Waals surface area (Å²) in [6.45, 7) is 2.09. The van der Waals surface area contributed by atoms with Crippen molar-refractivity contribution < 1.29 is 4.74 Å². The average molecular weight is 189 g/mol. The molecule has 1 aromatic rings. The number of hydrogen-bond donors (Lipinski definition) is 0. The fraction of sp³-hybridized carbons (Fsp3) is 0.417. The molecule has 0 amide bonds. The van der Waals surface area contributed by atoms with Gasteiger partial charge in [0.25, 0.3) is 0 Å². The fourth-order valence-electron chi connectivity index (χ4n) is 1.39. The van der Waals surface area contributed by atoms with Crippen molar-refractivity contribution in [1.82, 2.24) is 0 Å². The molecule has 0 saturated heterocycles. The van der Waals surface area contributed by atoms with Crippen molar-refractivity contribution in [2.45, 2.75) is 19.8 Å². The molecular formula is C12H15NO. The number of rotatable bonds is 4. The van der Waals surface area contributed by atoms with Crippen LogP contribution in [0.5, 0.6) is 5.75 Å². The van der Waals surface area contributed by atoms with Crippen LogP contribution >= 0.6 is 0 Å². The second kappa shape index (κ2) is 5.29. The number of ether oxygens (including phenoxy) is 1. The summed E-state index contributed by atoms with van der Waals surface area (Å²) in [5.41, 5.74) is 1.26. The molecule has 2 nitrogen and oxygen atoms in total. The Kier molecular flexibility index (Phi) is 4.00.